The number of benzene rings is 1. The normalized spacial score (nSPS) is 10.3. The molecule has 0 amide bonds. The molecular formula is C14H21ClN2O2. The van der Waals surface area contributed by atoms with Gasteiger partial charge < -0.3 is 15.4 Å². The van der Waals surface area contributed by atoms with Crippen LogP contribution in [0.2, 0.25) is 5.02 Å². The Labute approximate surface area is 119 Å². The number of nitrogens with zero attached hydrogens (tertiary/aromatic N) is 1. The molecule has 0 aliphatic carbocycles. The second-order valence-electron chi connectivity index (χ2n) is 4.32. The number of carbonyl (C=O) groups excluding carboxylic acids is 1. The number of nitrogen functional groups attached to an aromatic ring is 1. The lowest BCUT2D eigenvalue weighted by atomic mass is 10.1. The van der Waals surface area contributed by atoms with E-state index >= 15 is 0 Å². The summed E-state index contributed by atoms with van der Waals surface area (Å²) in [5, 5.41) is 0.485. The van der Waals surface area contributed by atoms with Gasteiger partial charge in [-0.2, -0.15) is 0 Å². The van der Waals surface area contributed by atoms with Crippen molar-refractivity contribution in [3.05, 3.63) is 22.7 Å². The lowest BCUT2D eigenvalue weighted by molar-refractivity contribution is 0.0601. The number of nitrogens with two attached hydrogens (primary N) is 1. The molecule has 1 aromatic rings. The van der Waals surface area contributed by atoms with Gasteiger partial charge in [-0.3, -0.25) is 0 Å². The molecule has 4 nitrogen and oxygen atoms in total. The van der Waals surface area contributed by atoms with Crippen molar-refractivity contribution < 1.29 is 9.53 Å². The van der Waals surface area contributed by atoms with Gasteiger partial charge in [-0.1, -0.05) is 24.9 Å². The summed E-state index contributed by atoms with van der Waals surface area (Å²) in [6.07, 6.45) is 2.12. The van der Waals surface area contributed by atoms with Crippen LogP contribution in [0.5, 0.6) is 0 Å². The maximum absolute atomic E-state index is 11.9. The van der Waals surface area contributed by atoms with Crippen LogP contribution in [-0.2, 0) is 4.74 Å². The average Bonchev–Trinajstić information content (AvgIpc) is 2.39. The highest BCUT2D eigenvalue weighted by molar-refractivity contribution is 6.34. The predicted octanol–water partition coefficient (Wildman–Crippen LogP) is 3.34. The molecule has 0 saturated carbocycles. The number of hydrogen-bond donors (Lipinski definition) is 1. The highest BCUT2D eigenvalue weighted by Crippen LogP contribution is 2.33. The quantitative estimate of drug-likeness (QED) is 0.643. The van der Waals surface area contributed by atoms with Crippen LogP contribution < -0.4 is 10.6 Å². The topological polar surface area (TPSA) is 55.6 Å². The molecule has 1 aromatic carbocycles. The Morgan fingerprint density at radius 3 is 2.63 bits per heavy atom. The molecule has 0 radical (unpaired) electrons. The van der Waals surface area contributed by atoms with Gasteiger partial charge in [0.1, 0.15) is 0 Å². The fourth-order valence-electron chi connectivity index (χ4n) is 1.98. The van der Waals surface area contributed by atoms with Gasteiger partial charge in [0.2, 0.25) is 0 Å². The number of hydrogen-bond acceptors (Lipinski definition) is 4. The van der Waals surface area contributed by atoms with Crippen molar-refractivity contribution in [3.63, 3.8) is 0 Å². The first-order valence-electron chi connectivity index (χ1n) is 6.47. The Balaban J connectivity index is 3.25. The van der Waals surface area contributed by atoms with Crippen molar-refractivity contribution in [2.75, 3.05) is 30.8 Å². The van der Waals surface area contributed by atoms with Crippen LogP contribution in [0.3, 0.4) is 0 Å². The summed E-state index contributed by atoms with van der Waals surface area (Å²) in [6.45, 7) is 5.78. The monoisotopic (exact) mass is 284 g/mol. The largest absolute Gasteiger partial charge is 0.465 e. The second-order valence-corrected chi connectivity index (χ2v) is 4.73. The minimum absolute atomic E-state index is 0.417. The number of esters is 1. The van der Waals surface area contributed by atoms with E-state index in [0.717, 1.165) is 25.9 Å². The summed E-state index contributed by atoms with van der Waals surface area (Å²) >= 11 is 6.26. The summed E-state index contributed by atoms with van der Waals surface area (Å²) in [6, 6.07) is 3.28. The molecular weight excluding hydrogens is 264 g/mol. The Bertz CT molecular complexity index is 449. The second kappa shape index (κ2) is 7.24. The molecule has 0 spiro atoms. The number of halogens is 1. The zero-order chi connectivity index (χ0) is 14.4. The van der Waals surface area contributed by atoms with Crippen molar-refractivity contribution >= 4 is 28.9 Å². The molecule has 106 valence electrons. The molecule has 1 rings (SSSR count). The summed E-state index contributed by atoms with van der Waals surface area (Å²) < 4.78 is 4.81. The molecule has 0 heterocycles. The number of rotatable bonds is 6. The molecule has 0 fully saturated rings. The average molecular weight is 285 g/mol. The van der Waals surface area contributed by atoms with Crippen molar-refractivity contribution in [1.29, 1.82) is 0 Å². The first kappa shape index (κ1) is 15.6. The number of methoxy groups -OCH3 is 1. The van der Waals surface area contributed by atoms with Crippen LogP contribution in [0.4, 0.5) is 11.4 Å². The fourth-order valence-corrected chi connectivity index (χ4v) is 2.33. The molecule has 0 atom stereocenters. The fraction of sp³-hybridized carbons (Fsp3) is 0.500. The summed E-state index contributed by atoms with van der Waals surface area (Å²) in [7, 11) is 1.35. The molecule has 2 N–H and O–H groups in total. The van der Waals surface area contributed by atoms with E-state index in [4.69, 9.17) is 22.1 Å². The Morgan fingerprint density at radius 2 is 2.11 bits per heavy atom. The van der Waals surface area contributed by atoms with Crippen LogP contribution in [0, 0.1) is 0 Å². The van der Waals surface area contributed by atoms with Gasteiger partial charge in [0.25, 0.3) is 0 Å². The van der Waals surface area contributed by atoms with Gasteiger partial charge in [0, 0.05) is 18.8 Å². The number of unbranched alkanes of at least 4 members (excludes halogenated alkanes) is 1. The lowest BCUT2D eigenvalue weighted by Gasteiger charge is -2.26. The molecule has 19 heavy (non-hydrogen) atoms. The molecule has 0 saturated heterocycles. The highest BCUT2D eigenvalue weighted by Gasteiger charge is 2.20. The van der Waals surface area contributed by atoms with Crippen LogP contribution in [0.25, 0.3) is 0 Å². The Morgan fingerprint density at radius 1 is 1.42 bits per heavy atom. The molecule has 0 aliphatic rings. The van der Waals surface area contributed by atoms with E-state index in [2.05, 4.69) is 11.8 Å². The van der Waals surface area contributed by atoms with E-state index in [1.54, 1.807) is 12.1 Å². The van der Waals surface area contributed by atoms with Crippen molar-refractivity contribution in [3.8, 4) is 0 Å². The van der Waals surface area contributed by atoms with Crippen molar-refractivity contribution in [1.82, 2.24) is 0 Å². The van der Waals surface area contributed by atoms with Gasteiger partial charge in [-0.25, -0.2) is 4.79 Å². The van der Waals surface area contributed by atoms with Gasteiger partial charge in [0.15, 0.2) is 0 Å². The predicted molar refractivity (Wildman–Crippen MR) is 80.0 cm³/mol. The Hall–Kier alpha value is -1.42. The first-order chi connectivity index (χ1) is 9.04. The number of anilines is 2. The van der Waals surface area contributed by atoms with Gasteiger partial charge in [-0.05, 0) is 25.5 Å². The van der Waals surface area contributed by atoms with E-state index in [-0.39, 0.29) is 0 Å². The Kier molecular flexibility index (Phi) is 5.96. The lowest BCUT2D eigenvalue weighted by Crippen LogP contribution is -2.26. The number of ether oxygens (including phenoxy) is 1. The van der Waals surface area contributed by atoms with Gasteiger partial charge in [0.05, 0.1) is 23.4 Å². The molecule has 0 bridgehead atoms. The molecule has 5 heteroatoms. The van der Waals surface area contributed by atoms with Crippen LogP contribution in [0.1, 0.15) is 37.0 Å². The van der Waals surface area contributed by atoms with Crippen molar-refractivity contribution in [2.45, 2.75) is 26.7 Å². The van der Waals surface area contributed by atoms with Crippen molar-refractivity contribution in [2.24, 2.45) is 0 Å². The van der Waals surface area contributed by atoms with Crippen LogP contribution in [-0.4, -0.2) is 26.2 Å². The van der Waals surface area contributed by atoms with Gasteiger partial charge in [-0.15, -0.1) is 0 Å². The molecule has 0 aliphatic heterocycles. The van der Waals surface area contributed by atoms with E-state index < -0.39 is 5.97 Å². The third-order valence-electron chi connectivity index (χ3n) is 2.97. The minimum Gasteiger partial charge on any atom is -0.465 e. The van der Waals surface area contributed by atoms with Crippen LogP contribution in [0.15, 0.2) is 12.1 Å². The highest BCUT2D eigenvalue weighted by atomic mass is 35.5. The third kappa shape index (κ3) is 3.77. The van der Waals surface area contributed by atoms with E-state index in [0.29, 0.717) is 22.0 Å². The van der Waals surface area contributed by atoms with E-state index in [1.165, 1.54) is 7.11 Å². The first-order valence-corrected chi connectivity index (χ1v) is 6.85. The SMILES string of the molecule is CCCCN(CC)c1c(Cl)cc(N)cc1C(=O)OC. The summed E-state index contributed by atoms with van der Waals surface area (Å²) in [5.74, 6) is -0.417. The summed E-state index contributed by atoms with van der Waals surface area (Å²) in [4.78, 5) is 14.0. The zero-order valence-electron chi connectivity index (χ0n) is 11.7. The maximum atomic E-state index is 11.9. The third-order valence-corrected chi connectivity index (χ3v) is 3.26. The van der Waals surface area contributed by atoms with Crippen LogP contribution >= 0.6 is 11.6 Å². The maximum Gasteiger partial charge on any atom is 0.340 e. The molecule has 0 aromatic heterocycles. The van der Waals surface area contributed by atoms with E-state index in [9.17, 15) is 4.79 Å². The zero-order valence-corrected chi connectivity index (χ0v) is 12.5. The summed E-state index contributed by atoms with van der Waals surface area (Å²) in [5.41, 5.74) is 7.34. The van der Waals surface area contributed by atoms with E-state index in [1.807, 2.05) is 6.92 Å². The molecule has 0 unspecified atom stereocenters. The minimum atomic E-state index is -0.417. The number of carbonyl (C=O) groups is 1. The standard InChI is InChI=1S/C14H21ClN2O2/c1-4-6-7-17(5-2)13-11(14(18)19-3)8-10(16)9-12(13)15/h8-9H,4-7,16H2,1-3H3. The van der Waals surface area contributed by atoms with Gasteiger partial charge >= 0.3 is 5.97 Å². The smallest absolute Gasteiger partial charge is 0.340 e.